The molecule has 2 amide bonds. The van der Waals surface area contributed by atoms with E-state index in [1.54, 1.807) is 4.90 Å². The summed E-state index contributed by atoms with van der Waals surface area (Å²) in [4.78, 5) is 29.7. The number of fused-ring (bicyclic) bond motifs is 3. The topological polar surface area (TPSA) is 71.1 Å². The molecule has 2 saturated heterocycles. The highest BCUT2D eigenvalue weighted by molar-refractivity contribution is 6.01. The Morgan fingerprint density at radius 1 is 1.15 bits per heavy atom. The molecule has 2 bridgehead atoms. The molecule has 0 aromatic heterocycles. The fourth-order valence-corrected chi connectivity index (χ4v) is 6.80. The molecule has 4 fully saturated rings. The molecule has 1 N–H and O–H groups in total. The Balaban J connectivity index is 1.16. The van der Waals surface area contributed by atoms with E-state index in [4.69, 9.17) is 9.47 Å². The average Bonchev–Trinajstić information content (AvgIpc) is 3.45. The molecule has 5 aliphatic rings. The number of hydrogen-bond donors (Lipinski definition) is 1. The second-order valence-electron chi connectivity index (χ2n) is 10.3. The largest absolute Gasteiger partial charge is 0.488 e. The van der Waals surface area contributed by atoms with Gasteiger partial charge in [-0.2, -0.15) is 0 Å². The normalized spacial score (nSPS) is 33.9. The van der Waals surface area contributed by atoms with Gasteiger partial charge in [-0.05, 0) is 74.6 Å². The van der Waals surface area contributed by atoms with Crippen molar-refractivity contribution in [2.75, 3.05) is 19.7 Å². The van der Waals surface area contributed by atoms with E-state index in [0.29, 0.717) is 48.9 Å². The third-order valence-corrected chi connectivity index (χ3v) is 8.38. The quantitative estimate of drug-likeness (QED) is 0.720. The average molecular weight is 452 g/mol. The van der Waals surface area contributed by atoms with Crippen molar-refractivity contribution in [3.05, 3.63) is 41.6 Å². The minimum atomic E-state index is -0.431. The lowest BCUT2D eigenvalue weighted by Crippen LogP contribution is -2.61. The predicted octanol–water partition coefficient (Wildman–Crippen LogP) is 2.70. The van der Waals surface area contributed by atoms with Gasteiger partial charge in [0.05, 0.1) is 6.10 Å². The molecule has 7 heteroatoms. The van der Waals surface area contributed by atoms with Crippen LogP contribution in [0, 0.1) is 11.8 Å². The number of allylic oxidation sites excluding steroid dienone is 1. The Bertz CT molecular complexity index is 988. The number of hydrogen-bond acceptors (Lipinski definition) is 5. The van der Waals surface area contributed by atoms with Crippen LogP contribution in [0.5, 0.6) is 5.75 Å². The molecule has 0 spiro atoms. The van der Waals surface area contributed by atoms with E-state index in [9.17, 15) is 9.59 Å². The summed E-state index contributed by atoms with van der Waals surface area (Å²) in [5.74, 6) is 1.97. The van der Waals surface area contributed by atoms with Gasteiger partial charge >= 0.3 is 0 Å². The van der Waals surface area contributed by atoms with Gasteiger partial charge in [-0.3, -0.25) is 14.5 Å². The highest BCUT2D eigenvalue weighted by atomic mass is 16.5. The first-order chi connectivity index (χ1) is 16.0. The number of amides is 2. The minimum Gasteiger partial charge on any atom is -0.488 e. The van der Waals surface area contributed by atoms with E-state index >= 15 is 0 Å². The van der Waals surface area contributed by atoms with Crippen LogP contribution in [0.4, 0.5) is 0 Å². The van der Waals surface area contributed by atoms with Crippen LogP contribution >= 0.6 is 0 Å². The Morgan fingerprint density at radius 3 is 2.76 bits per heavy atom. The maximum absolute atomic E-state index is 13.0. The number of nitrogens with one attached hydrogen (secondary N) is 1. The Hall–Kier alpha value is -2.38. The maximum Gasteiger partial charge on any atom is 0.255 e. The van der Waals surface area contributed by atoms with E-state index in [2.05, 4.69) is 23.7 Å². The van der Waals surface area contributed by atoms with Crippen molar-refractivity contribution >= 4 is 11.8 Å². The predicted molar refractivity (Wildman–Crippen MR) is 123 cm³/mol. The van der Waals surface area contributed by atoms with Crippen molar-refractivity contribution in [1.82, 2.24) is 15.1 Å². The smallest absolute Gasteiger partial charge is 0.255 e. The monoisotopic (exact) mass is 451 g/mol. The minimum absolute atomic E-state index is 0.0652. The van der Waals surface area contributed by atoms with Crippen molar-refractivity contribution in [3.8, 4) is 5.75 Å². The van der Waals surface area contributed by atoms with Gasteiger partial charge in [0.1, 0.15) is 17.9 Å². The van der Waals surface area contributed by atoms with Crippen molar-refractivity contribution in [2.24, 2.45) is 11.8 Å². The summed E-state index contributed by atoms with van der Waals surface area (Å²) in [6.07, 6.45) is 5.69. The summed E-state index contributed by atoms with van der Waals surface area (Å²) in [7, 11) is 0. The molecule has 1 aromatic carbocycles. The standard InChI is InChI=1S/C26H33N3O4/c1-3-32-20-13-28(14-20)23-16-5-6-17(10-16)24(23)33-19-7-8-21-18(11-19)12-29(26(21)31)22-9-4-15(2)27-25(22)30/h7-8,11,16-17,20,22-24H,2-6,9-10,12-14H2,1H3,(H,27,30)/t16-,17+,22?,23?,24?/m0/s1. The molecule has 176 valence electrons. The third-order valence-electron chi connectivity index (χ3n) is 8.38. The summed E-state index contributed by atoms with van der Waals surface area (Å²) in [6.45, 7) is 9.14. The van der Waals surface area contributed by atoms with Crippen LogP contribution in [0.3, 0.4) is 0 Å². The zero-order valence-corrected chi connectivity index (χ0v) is 19.3. The summed E-state index contributed by atoms with van der Waals surface area (Å²) < 4.78 is 12.4. The molecule has 7 nitrogen and oxygen atoms in total. The molecule has 6 rings (SSSR count). The molecule has 1 aromatic rings. The Morgan fingerprint density at radius 2 is 1.97 bits per heavy atom. The van der Waals surface area contributed by atoms with Gasteiger partial charge in [-0.1, -0.05) is 6.58 Å². The molecular weight excluding hydrogens is 418 g/mol. The molecule has 3 heterocycles. The molecule has 33 heavy (non-hydrogen) atoms. The summed E-state index contributed by atoms with van der Waals surface area (Å²) >= 11 is 0. The van der Waals surface area contributed by atoms with Crippen molar-refractivity contribution in [1.29, 1.82) is 0 Å². The van der Waals surface area contributed by atoms with Gasteiger partial charge in [0.25, 0.3) is 5.91 Å². The zero-order chi connectivity index (χ0) is 22.7. The number of rotatable bonds is 6. The van der Waals surface area contributed by atoms with E-state index in [1.807, 2.05) is 18.2 Å². The van der Waals surface area contributed by atoms with Gasteiger partial charge in [0.2, 0.25) is 5.91 Å². The number of likely N-dealkylation sites (tertiary alicyclic amines) is 1. The zero-order valence-electron chi connectivity index (χ0n) is 19.3. The van der Waals surface area contributed by atoms with Gasteiger partial charge in [0.15, 0.2) is 0 Å². The van der Waals surface area contributed by atoms with Crippen LogP contribution in [-0.4, -0.2) is 65.6 Å². The number of benzene rings is 1. The second kappa shape index (κ2) is 8.13. The summed E-state index contributed by atoms with van der Waals surface area (Å²) in [6, 6.07) is 5.87. The number of carbonyl (C=O) groups excluding carboxylic acids is 2. The van der Waals surface area contributed by atoms with Gasteiger partial charge in [-0.25, -0.2) is 0 Å². The fraction of sp³-hybridized carbons (Fsp3) is 0.615. The van der Waals surface area contributed by atoms with Gasteiger partial charge in [0, 0.05) is 43.5 Å². The van der Waals surface area contributed by atoms with Crippen molar-refractivity contribution in [2.45, 2.75) is 69.9 Å². The first-order valence-electron chi connectivity index (χ1n) is 12.5. The van der Waals surface area contributed by atoms with Gasteiger partial charge < -0.3 is 19.7 Å². The maximum atomic E-state index is 13.0. The molecule has 2 aliphatic carbocycles. The van der Waals surface area contributed by atoms with Crippen LogP contribution in [0.25, 0.3) is 0 Å². The van der Waals surface area contributed by atoms with Crippen LogP contribution in [0.1, 0.15) is 54.9 Å². The van der Waals surface area contributed by atoms with E-state index in [1.165, 1.54) is 19.3 Å². The van der Waals surface area contributed by atoms with Crippen LogP contribution in [0.15, 0.2) is 30.5 Å². The Kier molecular flexibility index (Phi) is 5.22. The SMILES string of the molecule is C=C1CCC(N2Cc3cc(OC4C(N5CC(OCC)C5)[C@H]5CC[C@@H]4C5)ccc3C2=O)C(=O)N1. The summed E-state index contributed by atoms with van der Waals surface area (Å²) in [5.41, 5.74) is 2.37. The van der Waals surface area contributed by atoms with Crippen molar-refractivity contribution in [3.63, 3.8) is 0 Å². The molecule has 5 atom stereocenters. The van der Waals surface area contributed by atoms with Crippen LogP contribution in [0.2, 0.25) is 0 Å². The van der Waals surface area contributed by atoms with Gasteiger partial charge in [-0.15, -0.1) is 0 Å². The lowest BCUT2D eigenvalue weighted by Gasteiger charge is -2.47. The number of carbonyl (C=O) groups is 2. The lowest BCUT2D eigenvalue weighted by molar-refractivity contribution is -0.126. The molecule has 0 radical (unpaired) electrons. The van der Waals surface area contributed by atoms with E-state index < -0.39 is 6.04 Å². The van der Waals surface area contributed by atoms with Crippen LogP contribution < -0.4 is 10.1 Å². The molecular formula is C26H33N3O4. The molecule has 3 aliphatic heterocycles. The number of piperidine rings is 1. The van der Waals surface area contributed by atoms with Crippen molar-refractivity contribution < 1.29 is 19.1 Å². The third kappa shape index (κ3) is 3.56. The fourth-order valence-electron chi connectivity index (χ4n) is 6.80. The highest BCUT2D eigenvalue weighted by Gasteiger charge is 2.53. The van der Waals surface area contributed by atoms with E-state index in [-0.39, 0.29) is 17.9 Å². The van der Waals surface area contributed by atoms with Crippen LogP contribution in [-0.2, 0) is 16.1 Å². The lowest BCUT2D eigenvalue weighted by atomic mass is 9.89. The number of ether oxygens (including phenoxy) is 2. The molecule has 3 unspecified atom stereocenters. The van der Waals surface area contributed by atoms with E-state index in [0.717, 1.165) is 36.7 Å². The first-order valence-corrected chi connectivity index (χ1v) is 12.5. The highest BCUT2D eigenvalue weighted by Crippen LogP contribution is 2.49. The molecule has 2 saturated carbocycles. The summed E-state index contributed by atoms with van der Waals surface area (Å²) in [5, 5.41) is 2.80. The number of nitrogens with zero attached hydrogens (tertiary/aromatic N) is 2. The Labute approximate surface area is 195 Å². The second-order valence-corrected chi connectivity index (χ2v) is 10.3. The first kappa shape index (κ1) is 21.2.